The summed E-state index contributed by atoms with van der Waals surface area (Å²) in [4.78, 5) is 13.0. The molecule has 2 atom stereocenters. The number of nitrogens with zero attached hydrogens (tertiary/aromatic N) is 2. The summed E-state index contributed by atoms with van der Waals surface area (Å²) in [7, 11) is 1.89. The standard InChI is InChI=1S/C9H8F4.C9H17NO.C8H6ClN/c1-2-6-4-3-5-7(10)8(6)9(11,12)13;1-4-7(2)8-5-9(11)10(3)6-8;1-6-2-3-7(5-10)8(9)4-6/h3-5H,2H2,1H3;7-8H,4-6H2,1-3H3;2-4H,1H3. The minimum Gasteiger partial charge on any atom is -0.345 e. The van der Waals surface area contributed by atoms with E-state index in [9.17, 15) is 22.4 Å². The van der Waals surface area contributed by atoms with E-state index in [2.05, 4.69) is 13.8 Å². The molecule has 1 saturated heterocycles. The first-order valence-electron chi connectivity index (χ1n) is 11.1. The van der Waals surface area contributed by atoms with Gasteiger partial charge in [0.1, 0.15) is 11.9 Å². The molecule has 0 spiro atoms. The molecule has 0 saturated carbocycles. The maximum absolute atomic E-state index is 12.8. The number of benzene rings is 2. The number of likely N-dealkylation sites (tertiary alicyclic amines) is 1. The van der Waals surface area contributed by atoms with Crippen LogP contribution < -0.4 is 0 Å². The summed E-state index contributed by atoms with van der Waals surface area (Å²) in [6, 6.07) is 10.7. The van der Waals surface area contributed by atoms with Gasteiger partial charge in [0, 0.05) is 20.0 Å². The number of halogens is 5. The Bertz CT molecular complexity index is 1000. The summed E-state index contributed by atoms with van der Waals surface area (Å²) in [5.74, 6) is 0.420. The van der Waals surface area contributed by atoms with Gasteiger partial charge in [0.2, 0.25) is 5.91 Å². The van der Waals surface area contributed by atoms with Crippen molar-refractivity contribution < 1.29 is 22.4 Å². The summed E-state index contributed by atoms with van der Waals surface area (Å²) in [6.07, 6.45) is -2.47. The number of alkyl halides is 3. The van der Waals surface area contributed by atoms with Gasteiger partial charge in [-0.25, -0.2) is 4.39 Å². The first-order chi connectivity index (χ1) is 15.8. The van der Waals surface area contributed by atoms with Crippen LogP contribution in [0.4, 0.5) is 17.6 Å². The van der Waals surface area contributed by atoms with Crippen molar-refractivity contribution in [1.82, 2.24) is 4.90 Å². The van der Waals surface area contributed by atoms with E-state index in [4.69, 9.17) is 16.9 Å². The van der Waals surface area contributed by atoms with E-state index in [1.54, 1.807) is 19.1 Å². The number of hydrogen-bond acceptors (Lipinski definition) is 2. The monoisotopic (exact) mass is 498 g/mol. The fourth-order valence-corrected chi connectivity index (χ4v) is 3.78. The average Bonchev–Trinajstić information content (AvgIpc) is 3.11. The van der Waals surface area contributed by atoms with Crippen LogP contribution in [0.1, 0.15) is 55.9 Å². The molecular weight excluding hydrogens is 468 g/mol. The molecule has 8 heteroatoms. The molecule has 1 amide bonds. The van der Waals surface area contributed by atoms with Gasteiger partial charge in [0.15, 0.2) is 0 Å². The van der Waals surface area contributed by atoms with Crippen LogP contribution in [0.15, 0.2) is 36.4 Å². The molecular formula is C26H31ClF4N2O. The van der Waals surface area contributed by atoms with Crippen LogP contribution in [0, 0.1) is 35.9 Å². The van der Waals surface area contributed by atoms with Gasteiger partial charge in [0.05, 0.1) is 16.1 Å². The van der Waals surface area contributed by atoms with Crippen molar-refractivity contribution in [2.24, 2.45) is 11.8 Å². The van der Waals surface area contributed by atoms with E-state index in [1.807, 2.05) is 31.0 Å². The predicted octanol–water partition coefficient (Wildman–Crippen LogP) is 7.44. The minimum absolute atomic E-state index is 0.00694. The van der Waals surface area contributed by atoms with Gasteiger partial charge in [-0.15, -0.1) is 0 Å². The topological polar surface area (TPSA) is 44.1 Å². The Kier molecular flexibility index (Phi) is 11.5. The van der Waals surface area contributed by atoms with Crippen LogP contribution >= 0.6 is 11.6 Å². The first kappa shape index (κ1) is 29.4. The zero-order valence-corrected chi connectivity index (χ0v) is 20.9. The highest BCUT2D eigenvalue weighted by molar-refractivity contribution is 6.31. The molecule has 3 rings (SSSR count). The van der Waals surface area contributed by atoms with Gasteiger partial charge in [0.25, 0.3) is 0 Å². The molecule has 3 nitrogen and oxygen atoms in total. The lowest BCUT2D eigenvalue weighted by molar-refractivity contribution is -0.140. The second kappa shape index (κ2) is 13.3. The van der Waals surface area contributed by atoms with Crippen molar-refractivity contribution in [1.29, 1.82) is 5.26 Å². The summed E-state index contributed by atoms with van der Waals surface area (Å²) >= 11 is 5.71. The summed E-state index contributed by atoms with van der Waals surface area (Å²) in [5.41, 5.74) is 0.460. The highest BCUT2D eigenvalue weighted by Crippen LogP contribution is 2.34. The van der Waals surface area contributed by atoms with Crippen molar-refractivity contribution in [2.75, 3.05) is 13.6 Å². The van der Waals surface area contributed by atoms with Gasteiger partial charge < -0.3 is 4.90 Å². The Balaban J connectivity index is 0.000000257. The third-order valence-corrected chi connectivity index (χ3v) is 6.14. The Labute approximate surface area is 204 Å². The van der Waals surface area contributed by atoms with Crippen LogP contribution in [0.5, 0.6) is 0 Å². The lowest BCUT2D eigenvalue weighted by Gasteiger charge is -2.15. The molecule has 34 heavy (non-hydrogen) atoms. The van der Waals surface area contributed by atoms with Crippen molar-refractivity contribution in [3.8, 4) is 6.07 Å². The first-order valence-corrected chi connectivity index (χ1v) is 11.5. The molecule has 0 bridgehead atoms. The maximum atomic E-state index is 12.8. The number of nitriles is 1. The number of carbonyl (C=O) groups excluding carboxylic acids is 1. The number of aryl methyl sites for hydroxylation is 2. The highest BCUT2D eigenvalue weighted by Gasteiger charge is 2.36. The summed E-state index contributed by atoms with van der Waals surface area (Å²) < 4.78 is 49.6. The lowest BCUT2D eigenvalue weighted by Crippen LogP contribution is -2.20. The van der Waals surface area contributed by atoms with Gasteiger partial charge in [-0.05, 0) is 54.5 Å². The highest BCUT2D eigenvalue weighted by atomic mass is 35.5. The van der Waals surface area contributed by atoms with E-state index in [0.717, 1.165) is 24.6 Å². The smallest absolute Gasteiger partial charge is 0.345 e. The molecule has 1 fully saturated rings. The summed E-state index contributed by atoms with van der Waals surface area (Å²) in [5, 5.41) is 9.00. The molecule has 186 valence electrons. The lowest BCUT2D eigenvalue weighted by atomic mass is 9.91. The Morgan fingerprint density at radius 2 is 1.88 bits per heavy atom. The number of rotatable bonds is 3. The van der Waals surface area contributed by atoms with E-state index in [1.165, 1.54) is 18.6 Å². The normalized spacial score (nSPS) is 16.1. The van der Waals surface area contributed by atoms with Crippen molar-refractivity contribution in [3.05, 3.63) is 69.5 Å². The van der Waals surface area contributed by atoms with E-state index >= 15 is 0 Å². The van der Waals surface area contributed by atoms with Gasteiger partial charge in [-0.2, -0.15) is 18.4 Å². The van der Waals surface area contributed by atoms with Crippen LogP contribution in [0.3, 0.4) is 0 Å². The molecule has 1 aliphatic heterocycles. The third kappa shape index (κ3) is 8.64. The number of carbonyl (C=O) groups is 1. The molecule has 2 unspecified atom stereocenters. The molecule has 0 radical (unpaired) electrons. The number of amides is 1. The Morgan fingerprint density at radius 1 is 1.24 bits per heavy atom. The second-order valence-corrected chi connectivity index (χ2v) is 8.75. The fraction of sp³-hybridized carbons (Fsp3) is 0.462. The Hall–Kier alpha value is -2.59. The molecule has 1 heterocycles. The van der Waals surface area contributed by atoms with E-state index in [-0.39, 0.29) is 12.0 Å². The molecule has 0 aliphatic carbocycles. The molecule has 0 aromatic heterocycles. The van der Waals surface area contributed by atoms with Crippen LogP contribution in [0.2, 0.25) is 5.02 Å². The summed E-state index contributed by atoms with van der Waals surface area (Å²) in [6.45, 7) is 8.88. The zero-order chi connectivity index (χ0) is 26.1. The van der Waals surface area contributed by atoms with Crippen LogP contribution in [-0.2, 0) is 17.4 Å². The van der Waals surface area contributed by atoms with Crippen molar-refractivity contribution in [2.45, 2.75) is 53.1 Å². The van der Waals surface area contributed by atoms with Gasteiger partial charge in [-0.1, -0.05) is 57.0 Å². The average molecular weight is 499 g/mol. The maximum Gasteiger partial charge on any atom is 0.419 e. The quantitative estimate of drug-likeness (QED) is 0.413. The SMILES string of the molecule is CCC(C)C1CC(=O)N(C)C1.CCc1cccc(F)c1C(F)(F)F.Cc1ccc(C#N)c(Cl)c1. The second-order valence-electron chi connectivity index (χ2n) is 8.34. The third-order valence-electron chi connectivity index (χ3n) is 5.83. The van der Waals surface area contributed by atoms with E-state index < -0.39 is 17.6 Å². The van der Waals surface area contributed by atoms with Crippen LogP contribution in [0.25, 0.3) is 0 Å². The zero-order valence-electron chi connectivity index (χ0n) is 20.1. The van der Waals surface area contributed by atoms with Crippen molar-refractivity contribution in [3.63, 3.8) is 0 Å². The fourth-order valence-electron chi connectivity index (χ4n) is 3.50. The predicted molar refractivity (Wildman–Crippen MR) is 127 cm³/mol. The molecule has 2 aromatic carbocycles. The van der Waals surface area contributed by atoms with E-state index in [0.29, 0.717) is 28.3 Å². The number of hydrogen-bond donors (Lipinski definition) is 0. The molecule has 1 aliphatic rings. The molecule has 2 aromatic rings. The van der Waals surface area contributed by atoms with Gasteiger partial charge in [-0.3, -0.25) is 4.79 Å². The Morgan fingerprint density at radius 3 is 2.29 bits per heavy atom. The molecule has 0 N–H and O–H groups in total. The minimum atomic E-state index is -4.60. The van der Waals surface area contributed by atoms with Gasteiger partial charge >= 0.3 is 6.18 Å². The van der Waals surface area contributed by atoms with Crippen LogP contribution in [-0.4, -0.2) is 24.4 Å². The largest absolute Gasteiger partial charge is 0.419 e. The van der Waals surface area contributed by atoms with Crippen molar-refractivity contribution >= 4 is 17.5 Å².